The Kier molecular flexibility index (Phi) is 2.33. The molecule has 0 spiro atoms. The van der Waals surface area contributed by atoms with Crippen LogP contribution in [-0.2, 0) is 12.8 Å². The summed E-state index contributed by atoms with van der Waals surface area (Å²) >= 11 is 0. The summed E-state index contributed by atoms with van der Waals surface area (Å²) in [4.78, 5) is 4.94. The van der Waals surface area contributed by atoms with Gasteiger partial charge in [-0.25, -0.2) is 9.56 Å². The Hall–Kier alpha value is -2.42. The predicted molar refractivity (Wildman–Crippen MR) is 93.6 cm³/mol. The first-order valence-corrected chi connectivity index (χ1v) is 8.25. The summed E-state index contributed by atoms with van der Waals surface area (Å²) < 4.78 is 4.76. The zero-order valence-corrected chi connectivity index (χ0v) is 14.1. The van der Waals surface area contributed by atoms with Gasteiger partial charge in [0.05, 0.1) is 17.6 Å². The standard InChI is InChI=1S/C20H20N3/c1-11-5-6-15-10-17-21-16-8-7-14-9-12(2)22(4)19(14)20(16)23(17)18(15)13(11)3/h5-8H,9-10H2,1-4H3/q+1. The van der Waals surface area contributed by atoms with Crippen molar-refractivity contribution in [3.63, 3.8) is 0 Å². The summed E-state index contributed by atoms with van der Waals surface area (Å²) in [5, 5.41) is 0. The van der Waals surface area contributed by atoms with E-state index in [2.05, 4.69) is 61.2 Å². The van der Waals surface area contributed by atoms with Gasteiger partial charge in [-0.3, -0.25) is 4.57 Å². The van der Waals surface area contributed by atoms with E-state index in [9.17, 15) is 0 Å². The molecular formula is C20H20N3+. The van der Waals surface area contributed by atoms with Crippen LogP contribution in [0.2, 0.25) is 0 Å². The fourth-order valence-electron chi connectivity index (χ4n) is 4.18. The summed E-state index contributed by atoms with van der Waals surface area (Å²) in [6.07, 6.45) is 1.98. The summed E-state index contributed by atoms with van der Waals surface area (Å²) in [7, 11) is 2.18. The lowest BCUT2D eigenvalue weighted by atomic mass is 10.0. The Morgan fingerprint density at radius 3 is 2.61 bits per heavy atom. The number of aryl methyl sites for hydroxylation is 1. The smallest absolute Gasteiger partial charge is 0.235 e. The van der Waals surface area contributed by atoms with Gasteiger partial charge in [0, 0.05) is 18.9 Å². The molecule has 0 fully saturated rings. The van der Waals surface area contributed by atoms with Crippen LogP contribution in [0.5, 0.6) is 0 Å². The molecule has 0 atom stereocenters. The van der Waals surface area contributed by atoms with Gasteiger partial charge in [0.2, 0.25) is 5.69 Å². The molecule has 2 aliphatic rings. The minimum absolute atomic E-state index is 0.937. The maximum Gasteiger partial charge on any atom is 0.235 e. The highest BCUT2D eigenvalue weighted by Crippen LogP contribution is 2.41. The molecule has 0 saturated heterocycles. The molecule has 5 rings (SSSR count). The van der Waals surface area contributed by atoms with Gasteiger partial charge in [-0.15, -0.1) is 0 Å². The second-order valence-electron chi connectivity index (χ2n) is 6.97. The molecule has 0 amide bonds. The third-order valence-corrected chi connectivity index (χ3v) is 5.66. The predicted octanol–water partition coefficient (Wildman–Crippen LogP) is 3.84. The van der Waals surface area contributed by atoms with Gasteiger partial charge in [-0.2, -0.15) is 0 Å². The molecule has 0 N–H and O–H groups in total. The SMILES string of the molecule is CC1=[N+](C)c2c(ccc3nc4n(c23)-c2c(ccc(C)c2C)C4)C1. The van der Waals surface area contributed by atoms with E-state index >= 15 is 0 Å². The van der Waals surface area contributed by atoms with E-state index in [1.54, 1.807) is 0 Å². The summed E-state index contributed by atoms with van der Waals surface area (Å²) in [5.41, 5.74) is 12.0. The highest BCUT2D eigenvalue weighted by Gasteiger charge is 2.33. The number of benzene rings is 2. The van der Waals surface area contributed by atoms with Crippen LogP contribution in [0.1, 0.15) is 35.0 Å². The van der Waals surface area contributed by atoms with E-state index in [1.165, 1.54) is 50.7 Å². The second kappa shape index (κ2) is 4.10. The highest BCUT2D eigenvalue weighted by molar-refractivity contribution is 5.96. The molecule has 23 heavy (non-hydrogen) atoms. The first-order chi connectivity index (χ1) is 11.1. The fraction of sp³-hybridized carbons (Fsp3) is 0.300. The number of fused-ring (bicyclic) bond motifs is 7. The number of imidazole rings is 1. The van der Waals surface area contributed by atoms with Gasteiger partial charge >= 0.3 is 0 Å². The number of aromatic nitrogens is 2. The van der Waals surface area contributed by atoms with Gasteiger partial charge in [0.1, 0.15) is 18.4 Å². The molecule has 0 radical (unpaired) electrons. The zero-order chi connectivity index (χ0) is 15.9. The number of nitrogens with zero attached hydrogens (tertiary/aromatic N) is 3. The largest absolute Gasteiger partial charge is 0.290 e. The molecule has 0 aliphatic carbocycles. The van der Waals surface area contributed by atoms with Crippen molar-refractivity contribution in [2.24, 2.45) is 0 Å². The summed E-state index contributed by atoms with van der Waals surface area (Å²) in [6, 6.07) is 8.94. The van der Waals surface area contributed by atoms with Crippen LogP contribution in [0.3, 0.4) is 0 Å². The lowest BCUT2D eigenvalue weighted by molar-refractivity contribution is -0.400. The third-order valence-electron chi connectivity index (χ3n) is 5.66. The zero-order valence-electron chi connectivity index (χ0n) is 14.1. The Bertz CT molecular complexity index is 1050. The van der Waals surface area contributed by atoms with Gasteiger partial charge in [-0.05, 0) is 42.7 Å². The van der Waals surface area contributed by atoms with Crippen LogP contribution in [0.15, 0.2) is 24.3 Å². The van der Waals surface area contributed by atoms with Gasteiger partial charge in [0.15, 0.2) is 5.71 Å². The van der Waals surface area contributed by atoms with Crippen LogP contribution in [0.25, 0.3) is 16.7 Å². The Morgan fingerprint density at radius 2 is 1.78 bits per heavy atom. The van der Waals surface area contributed by atoms with Gasteiger partial charge in [-0.1, -0.05) is 12.1 Å². The van der Waals surface area contributed by atoms with Crippen molar-refractivity contribution in [2.75, 3.05) is 7.05 Å². The van der Waals surface area contributed by atoms with Crippen molar-refractivity contribution in [3.05, 3.63) is 52.3 Å². The summed E-state index contributed by atoms with van der Waals surface area (Å²) in [5.74, 6) is 1.18. The second-order valence-corrected chi connectivity index (χ2v) is 6.97. The van der Waals surface area contributed by atoms with Crippen molar-refractivity contribution < 1.29 is 4.58 Å². The molecule has 0 unspecified atom stereocenters. The van der Waals surface area contributed by atoms with Crippen LogP contribution < -0.4 is 0 Å². The molecule has 0 saturated carbocycles. The molecule has 114 valence electrons. The number of rotatable bonds is 0. The minimum Gasteiger partial charge on any atom is -0.290 e. The maximum absolute atomic E-state index is 4.94. The van der Waals surface area contributed by atoms with E-state index in [-0.39, 0.29) is 0 Å². The Balaban J connectivity index is 1.95. The lowest BCUT2D eigenvalue weighted by Gasteiger charge is -2.11. The Labute approximate surface area is 135 Å². The average molecular weight is 302 g/mol. The molecule has 3 heteroatoms. The van der Waals surface area contributed by atoms with Crippen molar-refractivity contribution >= 4 is 22.4 Å². The quantitative estimate of drug-likeness (QED) is 0.452. The molecule has 2 aromatic carbocycles. The molecule has 3 heterocycles. The first-order valence-electron chi connectivity index (χ1n) is 8.25. The van der Waals surface area contributed by atoms with E-state index in [0.29, 0.717) is 0 Å². The van der Waals surface area contributed by atoms with Crippen molar-refractivity contribution in [1.29, 1.82) is 0 Å². The monoisotopic (exact) mass is 302 g/mol. The highest BCUT2D eigenvalue weighted by atomic mass is 15.1. The average Bonchev–Trinajstić information content (AvgIpc) is 3.14. The molecule has 2 aliphatic heterocycles. The maximum atomic E-state index is 4.94. The van der Waals surface area contributed by atoms with E-state index in [1.807, 2.05) is 0 Å². The normalized spacial score (nSPS) is 15.3. The van der Waals surface area contributed by atoms with Crippen molar-refractivity contribution in [2.45, 2.75) is 33.6 Å². The molecule has 0 bridgehead atoms. The van der Waals surface area contributed by atoms with E-state index in [4.69, 9.17) is 4.98 Å². The molecule has 1 aromatic heterocycles. The van der Waals surface area contributed by atoms with Crippen LogP contribution >= 0.6 is 0 Å². The van der Waals surface area contributed by atoms with Crippen LogP contribution in [-0.4, -0.2) is 26.9 Å². The van der Waals surface area contributed by atoms with E-state index in [0.717, 1.165) is 18.4 Å². The third kappa shape index (κ3) is 1.50. The van der Waals surface area contributed by atoms with E-state index < -0.39 is 0 Å². The Morgan fingerprint density at radius 1 is 1.00 bits per heavy atom. The lowest BCUT2D eigenvalue weighted by Crippen LogP contribution is -2.04. The number of hydrogen-bond donors (Lipinski definition) is 0. The van der Waals surface area contributed by atoms with Crippen LogP contribution in [0, 0.1) is 13.8 Å². The molecular weight excluding hydrogens is 282 g/mol. The first kappa shape index (κ1) is 13.1. The molecule has 3 aromatic rings. The summed E-state index contributed by atoms with van der Waals surface area (Å²) in [6.45, 7) is 6.65. The fourth-order valence-corrected chi connectivity index (χ4v) is 4.18. The minimum atomic E-state index is 0.937. The topological polar surface area (TPSA) is 20.8 Å². The van der Waals surface area contributed by atoms with Crippen molar-refractivity contribution in [1.82, 2.24) is 9.55 Å². The van der Waals surface area contributed by atoms with Gasteiger partial charge in [0.25, 0.3) is 0 Å². The van der Waals surface area contributed by atoms with Crippen molar-refractivity contribution in [3.8, 4) is 5.69 Å². The number of hydrogen-bond acceptors (Lipinski definition) is 1. The van der Waals surface area contributed by atoms with Gasteiger partial charge < -0.3 is 0 Å². The molecule has 3 nitrogen and oxygen atoms in total. The van der Waals surface area contributed by atoms with Crippen LogP contribution in [0.4, 0.5) is 5.69 Å².